The molecule has 0 N–H and O–H groups in total. The molecule has 0 saturated heterocycles. The molecule has 2 aliphatic rings. The standard InChI is InChI=1S/2C11H15.2ClH.Zr/c2*1-2-6-10(5-1)9-11-7-3-4-8-11;;;/h2*1-2,5-6,11H,3-4,7-9H2;2*1H;/q2*-1;;;+4/p-2. The molecule has 0 nitrogen and oxygen atoms in total. The molecule has 136 valence electrons. The number of halogens is 2. The molecule has 0 amide bonds. The minimum atomic E-state index is 0. The van der Waals surface area contributed by atoms with Gasteiger partial charge in [-0.3, -0.25) is 0 Å². The summed E-state index contributed by atoms with van der Waals surface area (Å²) >= 11 is 0. The van der Waals surface area contributed by atoms with E-state index in [1.54, 1.807) is 0 Å². The predicted molar refractivity (Wildman–Crippen MR) is 95.4 cm³/mol. The third-order valence-corrected chi connectivity index (χ3v) is 5.46. The molecule has 0 unspecified atom stereocenters. The van der Waals surface area contributed by atoms with Crippen molar-refractivity contribution in [2.24, 2.45) is 11.8 Å². The summed E-state index contributed by atoms with van der Waals surface area (Å²) in [5, 5.41) is 0. The Hall–Kier alpha value is 0.163. The molecule has 3 heteroatoms. The summed E-state index contributed by atoms with van der Waals surface area (Å²) in [6, 6.07) is 17.6. The Kier molecular flexibility index (Phi) is 14.3. The van der Waals surface area contributed by atoms with Gasteiger partial charge in [0.2, 0.25) is 0 Å². The average molecular weight is 457 g/mol. The van der Waals surface area contributed by atoms with E-state index in [-0.39, 0.29) is 51.0 Å². The molecule has 0 spiro atoms. The van der Waals surface area contributed by atoms with Crippen LogP contribution in [0.3, 0.4) is 0 Å². The molecule has 0 aromatic heterocycles. The molecular formula is C22H30Cl2Zr. The van der Waals surface area contributed by atoms with Crippen LogP contribution in [0.4, 0.5) is 0 Å². The van der Waals surface area contributed by atoms with Gasteiger partial charge in [-0.25, -0.2) is 24.3 Å². The number of rotatable bonds is 4. The van der Waals surface area contributed by atoms with Gasteiger partial charge in [0.05, 0.1) is 0 Å². The molecule has 25 heavy (non-hydrogen) atoms. The summed E-state index contributed by atoms with van der Waals surface area (Å²) in [6.45, 7) is 0. The Labute approximate surface area is 185 Å². The minimum absolute atomic E-state index is 0. The van der Waals surface area contributed by atoms with Crippen LogP contribution in [-0.2, 0) is 39.0 Å². The van der Waals surface area contributed by atoms with Crippen LogP contribution in [0.1, 0.15) is 62.5 Å². The first-order chi connectivity index (χ1) is 10.9. The van der Waals surface area contributed by atoms with Gasteiger partial charge >= 0.3 is 26.2 Å². The van der Waals surface area contributed by atoms with Crippen molar-refractivity contribution in [3.05, 3.63) is 59.7 Å². The van der Waals surface area contributed by atoms with E-state index in [1.807, 2.05) is 0 Å². The fourth-order valence-corrected chi connectivity index (χ4v) is 4.20. The molecule has 2 fully saturated rings. The van der Waals surface area contributed by atoms with Crippen molar-refractivity contribution in [1.29, 1.82) is 0 Å². The average Bonchev–Trinajstić information content (AvgIpc) is 3.31. The van der Waals surface area contributed by atoms with Crippen LogP contribution in [0.15, 0.2) is 48.5 Å². The molecular weight excluding hydrogens is 426 g/mol. The van der Waals surface area contributed by atoms with Gasteiger partial charge in [-0.15, -0.1) is 0 Å². The van der Waals surface area contributed by atoms with Gasteiger partial charge < -0.3 is 24.8 Å². The van der Waals surface area contributed by atoms with Crippen LogP contribution in [0.25, 0.3) is 0 Å². The van der Waals surface area contributed by atoms with Crippen LogP contribution in [-0.4, -0.2) is 0 Å². The van der Waals surface area contributed by atoms with E-state index in [1.165, 1.54) is 75.3 Å². The third-order valence-electron chi connectivity index (χ3n) is 5.46. The van der Waals surface area contributed by atoms with Crippen LogP contribution < -0.4 is 24.8 Å². The first-order valence-electron chi connectivity index (χ1n) is 9.31. The number of hydrogen-bond acceptors (Lipinski definition) is 0. The SMILES string of the molecule is [Cl-].[Cl-].[Zr+4].c1cc[c-](CC2CCCC2)c1.c1cc[c-](CC2CCCC2)c1. The van der Waals surface area contributed by atoms with Gasteiger partial charge in [0.1, 0.15) is 0 Å². The van der Waals surface area contributed by atoms with Gasteiger partial charge in [-0.1, -0.05) is 64.2 Å². The van der Waals surface area contributed by atoms with E-state index < -0.39 is 0 Å². The van der Waals surface area contributed by atoms with Gasteiger partial charge in [0, 0.05) is 0 Å². The van der Waals surface area contributed by atoms with Crippen molar-refractivity contribution in [3.8, 4) is 0 Å². The van der Waals surface area contributed by atoms with Crippen LogP contribution >= 0.6 is 0 Å². The third kappa shape index (κ3) is 9.08. The summed E-state index contributed by atoms with van der Waals surface area (Å²) in [4.78, 5) is 0. The van der Waals surface area contributed by atoms with Crippen molar-refractivity contribution in [1.82, 2.24) is 0 Å². The Morgan fingerprint density at radius 2 is 0.840 bits per heavy atom. The van der Waals surface area contributed by atoms with E-state index in [2.05, 4.69) is 48.5 Å². The summed E-state index contributed by atoms with van der Waals surface area (Å²) in [5.74, 6) is 2.00. The van der Waals surface area contributed by atoms with Crippen LogP contribution in [0.2, 0.25) is 0 Å². The zero-order valence-corrected chi connectivity index (χ0v) is 19.1. The second kappa shape index (κ2) is 14.2. The monoisotopic (exact) mass is 454 g/mol. The van der Waals surface area contributed by atoms with E-state index in [0.29, 0.717) is 0 Å². The molecule has 2 aromatic rings. The molecule has 2 aromatic carbocycles. The van der Waals surface area contributed by atoms with Crippen molar-refractivity contribution < 1.29 is 51.0 Å². The van der Waals surface area contributed by atoms with Crippen molar-refractivity contribution >= 4 is 0 Å². The first-order valence-corrected chi connectivity index (χ1v) is 9.31. The van der Waals surface area contributed by atoms with E-state index in [4.69, 9.17) is 0 Å². The van der Waals surface area contributed by atoms with Gasteiger partial charge in [-0.05, 0) is 11.8 Å². The summed E-state index contributed by atoms with van der Waals surface area (Å²) < 4.78 is 0. The summed E-state index contributed by atoms with van der Waals surface area (Å²) in [6.07, 6.45) is 14.4. The second-order valence-corrected chi connectivity index (χ2v) is 7.30. The summed E-state index contributed by atoms with van der Waals surface area (Å²) in [5.41, 5.74) is 3.08. The van der Waals surface area contributed by atoms with Crippen LogP contribution in [0, 0.1) is 11.8 Å². The summed E-state index contributed by atoms with van der Waals surface area (Å²) in [7, 11) is 0. The van der Waals surface area contributed by atoms with Gasteiger partial charge in [-0.2, -0.15) is 35.4 Å². The molecule has 2 aliphatic carbocycles. The van der Waals surface area contributed by atoms with Crippen molar-refractivity contribution in [2.45, 2.75) is 64.2 Å². The molecule has 0 bridgehead atoms. The largest absolute Gasteiger partial charge is 4.00 e. The van der Waals surface area contributed by atoms with E-state index in [9.17, 15) is 0 Å². The van der Waals surface area contributed by atoms with Gasteiger partial charge in [0.25, 0.3) is 0 Å². The molecule has 2 saturated carbocycles. The van der Waals surface area contributed by atoms with E-state index in [0.717, 1.165) is 11.8 Å². The van der Waals surface area contributed by atoms with Crippen molar-refractivity contribution in [2.75, 3.05) is 0 Å². The fraction of sp³-hybridized carbons (Fsp3) is 0.545. The van der Waals surface area contributed by atoms with Crippen molar-refractivity contribution in [3.63, 3.8) is 0 Å². The molecule has 0 atom stereocenters. The molecule has 0 heterocycles. The maximum Gasteiger partial charge on any atom is 4.00 e. The topological polar surface area (TPSA) is 0 Å². The smallest absolute Gasteiger partial charge is 1.00 e. The molecule has 0 aliphatic heterocycles. The normalized spacial score (nSPS) is 17.0. The quantitative estimate of drug-likeness (QED) is 0.580. The van der Waals surface area contributed by atoms with Gasteiger partial charge in [0.15, 0.2) is 0 Å². The Balaban J connectivity index is 0.000000411. The fourth-order valence-electron chi connectivity index (χ4n) is 4.20. The number of hydrogen-bond donors (Lipinski definition) is 0. The first kappa shape index (κ1) is 25.2. The zero-order chi connectivity index (χ0) is 15.0. The Bertz CT molecular complexity index is 444. The Morgan fingerprint density at radius 3 is 1.12 bits per heavy atom. The molecule has 4 rings (SSSR count). The minimum Gasteiger partial charge on any atom is -1.00 e. The molecule has 0 radical (unpaired) electrons. The second-order valence-electron chi connectivity index (χ2n) is 7.30. The Morgan fingerprint density at radius 1 is 0.560 bits per heavy atom. The predicted octanol–water partition coefficient (Wildman–Crippen LogP) is 0.282. The maximum absolute atomic E-state index is 2.25. The maximum atomic E-state index is 2.25. The van der Waals surface area contributed by atoms with Crippen LogP contribution in [0.5, 0.6) is 0 Å². The zero-order valence-electron chi connectivity index (χ0n) is 15.1. The van der Waals surface area contributed by atoms with E-state index >= 15 is 0 Å².